The number of carbonyl (C=O) groups is 1. The van der Waals surface area contributed by atoms with Gasteiger partial charge in [-0.05, 0) is 31.7 Å². The molecule has 106 valence electrons. The topological polar surface area (TPSA) is 17.1 Å². The predicted molar refractivity (Wildman–Crippen MR) is 84.0 cm³/mol. The zero-order chi connectivity index (χ0) is 15.0. The second-order valence-electron chi connectivity index (χ2n) is 3.99. The van der Waals surface area contributed by atoms with Gasteiger partial charge in [-0.15, -0.1) is 0 Å². The summed E-state index contributed by atoms with van der Waals surface area (Å²) in [6, 6.07) is 10.6. The first-order valence-electron chi connectivity index (χ1n) is 7.03. The molecule has 0 amide bonds. The van der Waals surface area contributed by atoms with E-state index in [1.54, 1.807) is 0 Å². The summed E-state index contributed by atoms with van der Waals surface area (Å²) in [5, 5.41) is 0. The van der Waals surface area contributed by atoms with Gasteiger partial charge >= 0.3 is 0 Å². The molecule has 0 spiro atoms. The van der Waals surface area contributed by atoms with Crippen LogP contribution in [0.3, 0.4) is 0 Å². The number of benzene rings is 1. The Balaban J connectivity index is -0.000000238. The van der Waals surface area contributed by atoms with Gasteiger partial charge in [-0.2, -0.15) is 0 Å². The van der Waals surface area contributed by atoms with E-state index in [4.69, 9.17) is 0 Å². The summed E-state index contributed by atoms with van der Waals surface area (Å²) in [6.45, 7) is 15.5. The van der Waals surface area contributed by atoms with E-state index in [1.165, 1.54) is 25.8 Å². The van der Waals surface area contributed by atoms with E-state index >= 15 is 0 Å². The lowest BCUT2D eigenvalue weighted by Gasteiger charge is -2.02. The predicted octanol–water partition coefficient (Wildman–Crippen LogP) is 5.53. The van der Waals surface area contributed by atoms with Crippen LogP contribution in [0.25, 0.3) is 0 Å². The third-order valence-electron chi connectivity index (χ3n) is 1.49. The minimum absolute atomic E-state index is 0.167. The second-order valence-corrected chi connectivity index (χ2v) is 3.99. The first kappa shape index (κ1) is 22.1. The largest absolute Gasteiger partial charge is 0.300 e. The van der Waals surface area contributed by atoms with Gasteiger partial charge < -0.3 is 4.79 Å². The lowest BCUT2D eigenvalue weighted by molar-refractivity contribution is -0.114. The summed E-state index contributed by atoms with van der Waals surface area (Å²) in [4.78, 5) is 9.44. The van der Waals surface area contributed by atoms with Crippen LogP contribution in [0.4, 0.5) is 0 Å². The Bertz CT molecular complexity index is 246. The van der Waals surface area contributed by atoms with Crippen molar-refractivity contribution in [1.82, 2.24) is 0 Å². The summed E-state index contributed by atoms with van der Waals surface area (Å²) in [5.74, 6) is 0.933. The van der Waals surface area contributed by atoms with Crippen molar-refractivity contribution < 1.29 is 4.79 Å². The van der Waals surface area contributed by atoms with Crippen molar-refractivity contribution in [1.29, 1.82) is 0 Å². The number of Topliss-reactive ketones (excluding diaryl/α,β-unsaturated/α-hetero) is 1. The fraction of sp³-hybridized carbons (Fsp3) is 0.588. The fourth-order valence-corrected chi connectivity index (χ4v) is 1.09. The second kappa shape index (κ2) is 18.3. The minimum atomic E-state index is 0.167. The van der Waals surface area contributed by atoms with Crippen LogP contribution in [0.15, 0.2) is 30.3 Å². The lowest BCUT2D eigenvalue weighted by Crippen LogP contribution is -1.92. The Kier molecular flexibility index (Phi) is 22.4. The highest BCUT2D eigenvalue weighted by Crippen LogP contribution is 2.05. The van der Waals surface area contributed by atoms with Crippen molar-refractivity contribution in [2.75, 3.05) is 0 Å². The maximum atomic E-state index is 9.44. The molecular weight excluding hydrogens is 220 g/mol. The maximum Gasteiger partial charge on any atom is 0.126 e. The lowest BCUT2D eigenvalue weighted by atomic mass is 10.0. The van der Waals surface area contributed by atoms with Crippen LogP contribution in [-0.4, -0.2) is 5.78 Å². The minimum Gasteiger partial charge on any atom is -0.300 e. The summed E-state index contributed by atoms with van der Waals surface area (Å²) < 4.78 is 0. The molecule has 0 bridgehead atoms. The Morgan fingerprint density at radius 1 is 0.944 bits per heavy atom. The average Bonchev–Trinajstić information content (AvgIpc) is 2.34. The van der Waals surface area contributed by atoms with Crippen molar-refractivity contribution in [3.05, 3.63) is 35.9 Å². The van der Waals surface area contributed by atoms with Crippen LogP contribution in [0.1, 0.15) is 61.0 Å². The van der Waals surface area contributed by atoms with Crippen LogP contribution in [0, 0.1) is 5.92 Å². The SMILES string of the molecule is CC.CC.CC(C)=O.CC(C)Cc1ccccc1. The molecule has 1 nitrogen and oxygen atoms in total. The maximum absolute atomic E-state index is 9.44. The van der Waals surface area contributed by atoms with E-state index in [2.05, 4.69) is 44.2 Å². The van der Waals surface area contributed by atoms with Gasteiger partial charge in [-0.1, -0.05) is 71.9 Å². The van der Waals surface area contributed by atoms with Crippen LogP contribution in [0.5, 0.6) is 0 Å². The van der Waals surface area contributed by atoms with Gasteiger partial charge in [0.1, 0.15) is 5.78 Å². The number of hydrogen-bond acceptors (Lipinski definition) is 1. The molecule has 0 aliphatic carbocycles. The highest BCUT2D eigenvalue weighted by Gasteiger charge is 1.94. The molecule has 0 fully saturated rings. The van der Waals surface area contributed by atoms with Crippen molar-refractivity contribution >= 4 is 5.78 Å². The van der Waals surface area contributed by atoms with E-state index < -0.39 is 0 Å². The molecule has 18 heavy (non-hydrogen) atoms. The summed E-state index contributed by atoms with van der Waals surface area (Å²) in [6.07, 6.45) is 1.20. The zero-order valence-corrected chi connectivity index (χ0v) is 13.6. The van der Waals surface area contributed by atoms with E-state index in [0.29, 0.717) is 0 Å². The molecule has 1 rings (SSSR count). The van der Waals surface area contributed by atoms with E-state index in [-0.39, 0.29) is 5.78 Å². The summed E-state index contributed by atoms with van der Waals surface area (Å²) in [7, 11) is 0. The molecule has 0 heterocycles. The molecule has 0 N–H and O–H groups in total. The Morgan fingerprint density at radius 3 is 1.56 bits per heavy atom. The molecule has 0 aliphatic heterocycles. The molecular formula is C17H32O. The van der Waals surface area contributed by atoms with Crippen molar-refractivity contribution in [2.24, 2.45) is 5.92 Å². The molecule has 0 aliphatic rings. The summed E-state index contributed by atoms with van der Waals surface area (Å²) >= 11 is 0. The monoisotopic (exact) mass is 252 g/mol. The third kappa shape index (κ3) is 24.2. The Labute approximate surface area is 115 Å². The van der Waals surface area contributed by atoms with Crippen molar-refractivity contribution in [3.8, 4) is 0 Å². The van der Waals surface area contributed by atoms with Crippen LogP contribution >= 0.6 is 0 Å². The highest BCUT2D eigenvalue weighted by atomic mass is 16.1. The number of rotatable bonds is 2. The number of hydrogen-bond donors (Lipinski definition) is 0. The van der Waals surface area contributed by atoms with E-state index in [1.807, 2.05) is 27.7 Å². The van der Waals surface area contributed by atoms with Gasteiger partial charge in [-0.3, -0.25) is 0 Å². The Morgan fingerprint density at radius 2 is 1.28 bits per heavy atom. The number of ketones is 1. The summed E-state index contributed by atoms with van der Waals surface area (Å²) in [5.41, 5.74) is 1.44. The highest BCUT2D eigenvalue weighted by molar-refractivity contribution is 5.72. The molecule has 0 atom stereocenters. The smallest absolute Gasteiger partial charge is 0.126 e. The van der Waals surface area contributed by atoms with E-state index in [0.717, 1.165) is 5.92 Å². The molecule has 1 aromatic carbocycles. The fourth-order valence-electron chi connectivity index (χ4n) is 1.09. The van der Waals surface area contributed by atoms with Gasteiger partial charge in [0.05, 0.1) is 0 Å². The molecule has 0 aromatic heterocycles. The molecule has 0 unspecified atom stereocenters. The first-order chi connectivity index (χ1) is 8.52. The quantitative estimate of drug-likeness (QED) is 0.676. The van der Waals surface area contributed by atoms with Gasteiger partial charge in [0.2, 0.25) is 0 Å². The van der Waals surface area contributed by atoms with Gasteiger partial charge in [-0.25, -0.2) is 0 Å². The van der Waals surface area contributed by atoms with E-state index in [9.17, 15) is 4.79 Å². The van der Waals surface area contributed by atoms with Crippen LogP contribution in [-0.2, 0) is 11.2 Å². The van der Waals surface area contributed by atoms with Gasteiger partial charge in [0, 0.05) is 0 Å². The molecule has 0 saturated heterocycles. The zero-order valence-electron chi connectivity index (χ0n) is 13.6. The first-order valence-corrected chi connectivity index (χ1v) is 7.03. The number of carbonyl (C=O) groups excluding carboxylic acids is 1. The van der Waals surface area contributed by atoms with Crippen molar-refractivity contribution in [3.63, 3.8) is 0 Å². The molecule has 1 heteroatoms. The molecule has 0 saturated carbocycles. The van der Waals surface area contributed by atoms with Crippen LogP contribution in [0.2, 0.25) is 0 Å². The van der Waals surface area contributed by atoms with Gasteiger partial charge in [0.25, 0.3) is 0 Å². The molecule has 0 radical (unpaired) electrons. The average molecular weight is 252 g/mol. The molecule has 1 aromatic rings. The van der Waals surface area contributed by atoms with Crippen LogP contribution < -0.4 is 0 Å². The van der Waals surface area contributed by atoms with Crippen molar-refractivity contribution in [2.45, 2.75) is 61.8 Å². The standard InChI is InChI=1S/C10H14.C3H6O.2C2H6/c1-9(2)8-10-6-4-3-5-7-10;1-3(2)4;2*1-2/h3-7,9H,8H2,1-2H3;1-2H3;2*1-2H3. The normalized spacial score (nSPS) is 7.83. The van der Waals surface area contributed by atoms with Gasteiger partial charge in [0.15, 0.2) is 0 Å². The third-order valence-corrected chi connectivity index (χ3v) is 1.49. The Hall–Kier alpha value is -1.11.